The van der Waals surface area contributed by atoms with Crippen molar-refractivity contribution in [3.05, 3.63) is 12.2 Å². The molecule has 2 fully saturated rings. The minimum Gasteiger partial charge on any atom is -0.343 e. The van der Waals surface area contributed by atoms with Crippen molar-refractivity contribution in [1.82, 2.24) is 25.7 Å². The normalized spacial score (nSPS) is 23.6. The van der Waals surface area contributed by atoms with Gasteiger partial charge in [-0.15, -0.1) is 0 Å². The molecule has 2 aliphatic rings. The topological polar surface area (TPSA) is 117 Å². The maximum Gasteiger partial charge on any atom is 0.322 e. The van der Waals surface area contributed by atoms with Gasteiger partial charge in [0.05, 0.1) is 0 Å². The fourth-order valence-corrected chi connectivity index (χ4v) is 2.85. The third-order valence-electron chi connectivity index (χ3n) is 4.07. The van der Waals surface area contributed by atoms with Crippen LogP contribution in [0.5, 0.6) is 0 Å². The zero-order valence-electron chi connectivity index (χ0n) is 11.9. The van der Waals surface area contributed by atoms with E-state index in [1.807, 2.05) is 0 Å². The summed E-state index contributed by atoms with van der Waals surface area (Å²) in [7, 11) is 0. The highest BCUT2D eigenvalue weighted by Crippen LogP contribution is 2.25. The van der Waals surface area contributed by atoms with Crippen LogP contribution in [0.15, 0.2) is 10.9 Å². The second-order valence-corrected chi connectivity index (χ2v) is 5.50. The molecule has 0 saturated carbocycles. The summed E-state index contributed by atoms with van der Waals surface area (Å²) in [6, 6.07) is -1.25. The van der Waals surface area contributed by atoms with Gasteiger partial charge >= 0.3 is 6.03 Å². The van der Waals surface area contributed by atoms with E-state index in [1.165, 1.54) is 6.39 Å². The highest BCUT2D eigenvalue weighted by molar-refractivity contribution is 5.98. The number of nitrogens with one attached hydrogen (secondary N) is 2. The van der Waals surface area contributed by atoms with Gasteiger partial charge in [0.2, 0.25) is 18.2 Å². The number of aromatic nitrogens is 2. The van der Waals surface area contributed by atoms with Crippen molar-refractivity contribution in [2.45, 2.75) is 37.6 Å². The van der Waals surface area contributed by atoms with Gasteiger partial charge in [0.15, 0.2) is 5.82 Å². The number of hydrogen-bond acceptors (Lipinski definition) is 6. The second kappa shape index (κ2) is 6.12. The molecule has 0 aliphatic carbocycles. The van der Waals surface area contributed by atoms with Gasteiger partial charge in [-0.2, -0.15) is 4.98 Å². The first kappa shape index (κ1) is 14.5. The first-order chi connectivity index (χ1) is 10.6. The van der Waals surface area contributed by atoms with E-state index in [9.17, 15) is 14.4 Å². The van der Waals surface area contributed by atoms with E-state index in [4.69, 9.17) is 4.52 Å². The highest BCUT2D eigenvalue weighted by Gasteiger charge is 2.32. The van der Waals surface area contributed by atoms with Crippen LogP contribution in [0.4, 0.5) is 4.79 Å². The van der Waals surface area contributed by atoms with Gasteiger partial charge in [0, 0.05) is 25.4 Å². The molecule has 2 N–H and O–H groups in total. The Bertz CT molecular complexity index is 565. The number of piperidine rings is 1. The van der Waals surface area contributed by atoms with Gasteiger partial charge < -0.3 is 14.7 Å². The van der Waals surface area contributed by atoms with Crippen molar-refractivity contribution in [3.63, 3.8) is 0 Å². The van der Waals surface area contributed by atoms with Crippen molar-refractivity contribution in [1.29, 1.82) is 0 Å². The van der Waals surface area contributed by atoms with Crippen molar-refractivity contribution in [2.24, 2.45) is 0 Å². The molecule has 118 valence electrons. The fourth-order valence-electron chi connectivity index (χ4n) is 2.85. The van der Waals surface area contributed by atoms with Crippen LogP contribution in [0.3, 0.4) is 0 Å². The molecule has 0 spiro atoms. The maximum atomic E-state index is 12.5. The molecule has 3 heterocycles. The van der Waals surface area contributed by atoms with Crippen molar-refractivity contribution in [2.75, 3.05) is 13.1 Å². The molecule has 9 heteroatoms. The summed E-state index contributed by atoms with van der Waals surface area (Å²) in [4.78, 5) is 41.0. The summed E-state index contributed by atoms with van der Waals surface area (Å²) in [5, 5.41) is 8.55. The monoisotopic (exact) mass is 307 g/mol. The van der Waals surface area contributed by atoms with Crippen molar-refractivity contribution in [3.8, 4) is 0 Å². The Morgan fingerprint density at radius 1 is 1.27 bits per heavy atom. The minimum atomic E-state index is -0.645. The summed E-state index contributed by atoms with van der Waals surface area (Å²) in [5.74, 6) is 0.361. The summed E-state index contributed by atoms with van der Waals surface area (Å²) in [6.07, 6.45) is 3.29. The fraction of sp³-hybridized carbons (Fsp3) is 0.615. The molecule has 1 aromatic rings. The van der Waals surface area contributed by atoms with E-state index in [-0.39, 0.29) is 24.2 Å². The van der Waals surface area contributed by atoms with Crippen LogP contribution < -0.4 is 10.6 Å². The summed E-state index contributed by atoms with van der Waals surface area (Å²) in [6.45, 7) is 1.15. The maximum absolute atomic E-state index is 12.5. The standard InChI is InChI=1S/C13H17N5O4/c19-10-2-1-9(15-13(21)16-10)12(20)18-5-3-8(4-6-18)11-14-7-22-17-11/h7-9H,1-6H2,(H2,15,16,19,21). The van der Waals surface area contributed by atoms with Crippen LogP contribution in [0.2, 0.25) is 0 Å². The smallest absolute Gasteiger partial charge is 0.322 e. The first-order valence-corrected chi connectivity index (χ1v) is 7.29. The Kier molecular flexibility index (Phi) is 4.03. The predicted molar refractivity (Wildman–Crippen MR) is 72.5 cm³/mol. The molecule has 22 heavy (non-hydrogen) atoms. The number of hydrogen-bond donors (Lipinski definition) is 2. The van der Waals surface area contributed by atoms with Gasteiger partial charge in [-0.05, 0) is 19.3 Å². The predicted octanol–water partition coefficient (Wildman–Crippen LogP) is -0.236. The lowest BCUT2D eigenvalue weighted by Gasteiger charge is -2.33. The van der Waals surface area contributed by atoms with Gasteiger partial charge in [-0.3, -0.25) is 14.9 Å². The third kappa shape index (κ3) is 3.07. The molecule has 4 amide bonds. The van der Waals surface area contributed by atoms with Crippen LogP contribution in [-0.4, -0.2) is 52.0 Å². The van der Waals surface area contributed by atoms with Gasteiger partial charge in [-0.1, -0.05) is 5.16 Å². The SMILES string of the molecule is O=C1CCC(C(=O)N2CCC(c3ncon3)CC2)NC(=O)N1. The van der Waals surface area contributed by atoms with Gasteiger partial charge in [0.25, 0.3) is 0 Å². The van der Waals surface area contributed by atoms with Crippen LogP contribution in [0.25, 0.3) is 0 Å². The Labute approximate surface area is 126 Å². The van der Waals surface area contributed by atoms with E-state index in [0.29, 0.717) is 25.3 Å². The van der Waals surface area contributed by atoms with Crippen LogP contribution in [0, 0.1) is 0 Å². The molecule has 1 aromatic heterocycles. The molecular weight excluding hydrogens is 290 g/mol. The number of carbonyl (C=O) groups excluding carboxylic acids is 3. The number of likely N-dealkylation sites (tertiary alicyclic amines) is 1. The Balaban J connectivity index is 1.57. The number of imide groups is 1. The molecule has 1 atom stereocenters. The lowest BCUT2D eigenvalue weighted by Crippen LogP contribution is -2.51. The van der Waals surface area contributed by atoms with Crippen LogP contribution in [0.1, 0.15) is 37.4 Å². The van der Waals surface area contributed by atoms with Gasteiger partial charge in [-0.25, -0.2) is 4.79 Å². The summed E-state index contributed by atoms with van der Waals surface area (Å²) in [5.41, 5.74) is 0. The van der Waals surface area contributed by atoms with E-state index in [2.05, 4.69) is 20.8 Å². The lowest BCUT2D eigenvalue weighted by molar-refractivity contribution is -0.134. The van der Waals surface area contributed by atoms with E-state index < -0.39 is 12.1 Å². The molecule has 3 rings (SSSR count). The number of carbonyl (C=O) groups is 3. The first-order valence-electron chi connectivity index (χ1n) is 7.29. The molecule has 0 radical (unpaired) electrons. The van der Waals surface area contributed by atoms with Crippen LogP contribution in [-0.2, 0) is 9.59 Å². The van der Waals surface area contributed by atoms with E-state index >= 15 is 0 Å². The largest absolute Gasteiger partial charge is 0.343 e. The van der Waals surface area contributed by atoms with E-state index in [1.54, 1.807) is 4.90 Å². The van der Waals surface area contributed by atoms with Crippen molar-refractivity contribution < 1.29 is 18.9 Å². The molecule has 9 nitrogen and oxygen atoms in total. The zero-order chi connectivity index (χ0) is 15.5. The molecule has 0 aromatic carbocycles. The molecule has 0 bridgehead atoms. The van der Waals surface area contributed by atoms with E-state index in [0.717, 1.165) is 12.8 Å². The summed E-state index contributed by atoms with van der Waals surface area (Å²) < 4.78 is 4.74. The Morgan fingerprint density at radius 3 is 2.73 bits per heavy atom. The van der Waals surface area contributed by atoms with Crippen molar-refractivity contribution >= 4 is 17.8 Å². The van der Waals surface area contributed by atoms with Gasteiger partial charge in [0.1, 0.15) is 6.04 Å². The molecule has 2 aliphatic heterocycles. The number of rotatable bonds is 2. The third-order valence-corrected chi connectivity index (χ3v) is 4.07. The lowest BCUT2D eigenvalue weighted by atomic mass is 9.95. The summed E-state index contributed by atoms with van der Waals surface area (Å²) >= 11 is 0. The molecule has 2 saturated heterocycles. The van der Waals surface area contributed by atoms with Crippen LogP contribution >= 0.6 is 0 Å². The number of amides is 4. The molecular formula is C13H17N5O4. The minimum absolute atomic E-state index is 0.142. The molecule has 1 unspecified atom stereocenters. The second-order valence-electron chi connectivity index (χ2n) is 5.50. The Hall–Kier alpha value is -2.45. The average Bonchev–Trinajstić information content (AvgIpc) is 2.99. The number of urea groups is 1. The average molecular weight is 307 g/mol. The Morgan fingerprint density at radius 2 is 2.05 bits per heavy atom. The number of nitrogens with zero attached hydrogens (tertiary/aromatic N) is 3. The quantitative estimate of drug-likeness (QED) is 0.779. The highest BCUT2D eigenvalue weighted by atomic mass is 16.5. The zero-order valence-corrected chi connectivity index (χ0v) is 11.9.